The van der Waals surface area contributed by atoms with E-state index in [0.717, 1.165) is 6.07 Å². The number of halogens is 4. The SMILES string of the molecule is O=C(Nc1ccc(F)c(Cl)c1)[C@H]1CCCN(S(=O)(=O)Cc2c(Cl)cccc2Cl)C1. The fraction of sp³-hybridized carbons (Fsp3) is 0.316. The normalized spacial score (nSPS) is 17.9. The van der Waals surface area contributed by atoms with E-state index in [9.17, 15) is 17.6 Å². The second-order valence-electron chi connectivity index (χ2n) is 6.77. The number of carbonyl (C=O) groups is 1. The zero-order valence-electron chi connectivity index (χ0n) is 15.2. The maximum atomic E-state index is 13.3. The van der Waals surface area contributed by atoms with Gasteiger partial charge in [0.25, 0.3) is 0 Å². The molecule has 29 heavy (non-hydrogen) atoms. The Hall–Kier alpha value is -1.38. The Morgan fingerprint density at radius 3 is 2.48 bits per heavy atom. The molecule has 1 aliphatic heterocycles. The number of rotatable bonds is 5. The zero-order valence-corrected chi connectivity index (χ0v) is 18.3. The van der Waals surface area contributed by atoms with Crippen LogP contribution in [0.25, 0.3) is 0 Å². The molecular formula is C19H18Cl3FN2O3S. The molecule has 1 saturated heterocycles. The minimum Gasteiger partial charge on any atom is -0.326 e. The van der Waals surface area contributed by atoms with E-state index in [4.69, 9.17) is 34.8 Å². The highest BCUT2D eigenvalue weighted by molar-refractivity contribution is 7.88. The molecule has 5 nitrogen and oxygen atoms in total. The number of hydrogen-bond acceptors (Lipinski definition) is 3. The number of hydrogen-bond donors (Lipinski definition) is 1. The van der Waals surface area contributed by atoms with Gasteiger partial charge in [0, 0.05) is 34.4 Å². The first-order valence-corrected chi connectivity index (χ1v) is 11.6. The summed E-state index contributed by atoms with van der Waals surface area (Å²) in [5.41, 5.74) is 0.688. The van der Waals surface area contributed by atoms with Crippen molar-refractivity contribution in [1.29, 1.82) is 0 Å². The van der Waals surface area contributed by atoms with E-state index in [1.54, 1.807) is 18.2 Å². The van der Waals surface area contributed by atoms with Crippen LogP contribution < -0.4 is 5.32 Å². The Morgan fingerprint density at radius 1 is 1.14 bits per heavy atom. The van der Waals surface area contributed by atoms with Gasteiger partial charge in [-0.15, -0.1) is 0 Å². The molecule has 0 bridgehead atoms. The molecule has 156 valence electrons. The van der Waals surface area contributed by atoms with E-state index >= 15 is 0 Å². The smallest absolute Gasteiger partial charge is 0.228 e. The van der Waals surface area contributed by atoms with Crippen LogP contribution in [-0.4, -0.2) is 31.7 Å². The molecule has 1 heterocycles. The third kappa shape index (κ3) is 5.41. The molecule has 1 atom stereocenters. The summed E-state index contributed by atoms with van der Waals surface area (Å²) in [7, 11) is -3.72. The molecule has 0 radical (unpaired) electrons. The molecule has 1 amide bonds. The number of carbonyl (C=O) groups excluding carboxylic acids is 1. The van der Waals surface area contributed by atoms with Crippen LogP contribution in [0.4, 0.5) is 10.1 Å². The van der Waals surface area contributed by atoms with Gasteiger partial charge in [0.2, 0.25) is 15.9 Å². The molecule has 2 aromatic rings. The Morgan fingerprint density at radius 2 is 1.83 bits per heavy atom. The van der Waals surface area contributed by atoms with Gasteiger partial charge in [-0.2, -0.15) is 0 Å². The van der Waals surface area contributed by atoms with Gasteiger partial charge in [-0.05, 0) is 43.2 Å². The van der Waals surface area contributed by atoms with Crippen molar-refractivity contribution in [1.82, 2.24) is 4.31 Å². The Bertz CT molecular complexity index is 1010. The molecule has 0 aliphatic carbocycles. The summed E-state index contributed by atoms with van der Waals surface area (Å²) in [4.78, 5) is 12.6. The Labute approximate surface area is 183 Å². The van der Waals surface area contributed by atoms with Gasteiger partial charge in [0.05, 0.1) is 16.7 Å². The number of nitrogens with zero attached hydrogens (tertiary/aromatic N) is 1. The van der Waals surface area contributed by atoms with Crippen LogP contribution in [-0.2, 0) is 20.6 Å². The highest BCUT2D eigenvalue weighted by Gasteiger charge is 2.33. The average Bonchev–Trinajstić information content (AvgIpc) is 2.68. The Kier molecular flexibility index (Phi) is 7.06. The van der Waals surface area contributed by atoms with Gasteiger partial charge >= 0.3 is 0 Å². The average molecular weight is 480 g/mol. The van der Waals surface area contributed by atoms with Crippen LogP contribution in [0.3, 0.4) is 0 Å². The maximum Gasteiger partial charge on any atom is 0.228 e. The number of nitrogens with one attached hydrogen (secondary N) is 1. The van der Waals surface area contributed by atoms with Crippen LogP contribution in [0.1, 0.15) is 18.4 Å². The van der Waals surface area contributed by atoms with E-state index in [1.165, 1.54) is 16.4 Å². The van der Waals surface area contributed by atoms with E-state index in [0.29, 0.717) is 30.6 Å². The fourth-order valence-electron chi connectivity index (χ4n) is 3.17. The van der Waals surface area contributed by atoms with Gasteiger partial charge in [-0.25, -0.2) is 17.1 Å². The second kappa shape index (κ2) is 9.18. The van der Waals surface area contributed by atoms with Crippen LogP contribution in [0.5, 0.6) is 0 Å². The third-order valence-corrected chi connectivity index (χ3v) is 7.49. The lowest BCUT2D eigenvalue weighted by Crippen LogP contribution is -2.44. The van der Waals surface area contributed by atoms with Crippen LogP contribution >= 0.6 is 34.8 Å². The lowest BCUT2D eigenvalue weighted by atomic mass is 9.99. The highest BCUT2D eigenvalue weighted by Crippen LogP contribution is 2.29. The van der Waals surface area contributed by atoms with Gasteiger partial charge in [-0.3, -0.25) is 4.79 Å². The maximum absolute atomic E-state index is 13.3. The van der Waals surface area contributed by atoms with E-state index in [2.05, 4.69) is 5.32 Å². The zero-order chi connectivity index (χ0) is 21.2. The number of anilines is 1. The summed E-state index contributed by atoms with van der Waals surface area (Å²) in [5, 5.41) is 3.12. The largest absolute Gasteiger partial charge is 0.326 e. The molecular weight excluding hydrogens is 462 g/mol. The first-order valence-electron chi connectivity index (χ1n) is 8.84. The molecule has 1 aliphatic rings. The third-order valence-electron chi connectivity index (χ3n) is 4.72. The van der Waals surface area contributed by atoms with E-state index in [1.807, 2.05) is 0 Å². The fourth-order valence-corrected chi connectivity index (χ4v) is 5.71. The van der Waals surface area contributed by atoms with Gasteiger partial charge in [0.1, 0.15) is 5.82 Å². The van der Waals surface area contributed by atoms with Crippen molar-refractivity contribution in [3.63, 3.8) is 0 Å². The lowest BCUT2D eigenvalue weighted by molar-refractivity contribution is -0.120. The molecule has 0 saturated carbocycles. The minimum atomic E-state index is -3.72. The van der Waals surface area contributed by atoms with Crippen molar-refractivity contribution in [2.45, 2.75) is 18.6 Å². The van der Waals surface area contributed by atoms with Gasteiger partial charge in [0.15, 0.2) is 0 Å². The molecule has 2 aromatic carbocycles. The molecule has 1 N–H and O–H groups in total. The Balaban J connectivity index is 1.70. The van der Waals surface area contributed by atoms with Crippen molar-refractivity contribution in [2.24, 2.45) is 5.92 Å². The molecule has 1 fully saturated rings. The van der Waals surface area contributed by atoms with Crippen LogP contribution in [0.2, 0.25) is 15.1 Å². The van der Waals surface area contributed by atoms with Crippen LogP contribution in [0.15, 0.2) is 36.4 Å². The molecule has 0 unspecified atom stereocenters. The summed E-state index contributed by atoms with van der Waals surface area (Å²) in [6, 6.07) is 8.67. The van der Waals surface area contributed by atoms with Crippen molar-refractivity contribution in [2.75, 3.05) is 18.4 Å². The van der Waals surface area contributed by atoms with E-state index < -0.39 is 21.8 Å². The minimum absolute atomic E-state index is 0.0468. The quantitative estimate of drug-likeness (QED) is 0.659. The molecule has 0 spiro atoms. The summed E-state index contributed by atoms with van der Waals surface area (Å²) in [5.74, 6) is -1.81. The summed E-state index contributed by atoms with van der Waals surface area (Å²) in [6.07, 6.45) is 1.08. The second-order valence-corrected chi connectivity index (χ2v) is 9.96. The molecule has 0 aromatic heterocycles. The number of sulfonamides is 1. The molecule has 3 rings (SSSR count). The van der Waals surface area contributed by atoms with Gasteiger partial charge < -0.3 is 5.32 Å². The number of amides is 1. The number of piperidine rings is 1. The summed E-state index contributed by atoms with van der Waals surface area (Å²) in [6.45, 7) is 0.363. The van der Waals surface area contributed by atoms with E-state index in [-0.39, 0.29) is 33.3 Å². The first kappa shape index (κ1) is 22.3. The van der Waals surface area contributed by atoms with Crippen molar-refractivity contribution >= 4 is 56.4 Å². The van der Waals surface area contributed by atoms with Crippen molar-refractivity contribution in [3.8, 4) is 0 Å². The number of benzene rings is 2. The molecule has 10 heteroatoms. The predicted octanol–water partition coefficient (Wildman–Crippen LogP) is 4.97. The van der Waals surface area contributed by atoms with Crippen molar-refractivity contribution in [3.05, 3.63) is 62.8 Å². The first-order chi connectivity index (χ1) is 13.7. The monoisotopic (exact) mass is 478 g/mol. The van der Waals surface area contributed by atoms with Crippen LogP contribution in [0, 0.1) is 11.7 Å². The summed E-state index contributed by atoms with van der Waals surface area (Å²) < 4.78 is 40.3. The van der Waals surface area contributed by atoms with Crippen molar-refractivity contribution < 1.29 is 17.6 Å². The summed E-state index contributed by atoms with van der Waals surface area (Å²) >= 11 is 17.9. The highest BCUT2D eigenvalue weighted by atomic mass is 35.5. The lowest BCUT2D eigenvalue weighted by Gasteiger charge is -2.31. The standard InChI is InChI=1S/C19H18Cl3FN2O3S/c20-15-4-1-5-16(21)14(15)11-29(27,28)25-8-2-3-12(10-25)19(26)24-13-6-7-18(23)17(22)9-13/h1,4-7,9,12H,2-3,8,10-11H2,(H,24,26)/t12-/m0/s1. The topological polar surface area (TPSA) is 66.5 Å². The van der Waals surface area contributed by atoms with Gasteiger partial charge in [-0.1, -0.05) is 40.9 Å². The predicted molar refractivity (Wildman–Crippen MR) is 113 cm³/mol.